The van der Waals surface area contributed by atoms with Gasteiger partial charge in [-0.25, -0.2) is 4.68 Å². The van der Waals surface area contributed by atoms with Crippen molar-refractivity contribution >= 4 is 5.82 Å². The molecule has 1 aliphatic carbocycles. The van der Waals surface area contributed by atoms with Crippen molar-refractivity contribution in [2.24, 2.45) is 0 Å². The first-order valence-corrected chi connectivity index (χ1v) is 5.01. The van der Waals surface area contributed by atoms with Crippen molar-refractivity contribution in [1.29, 1.82) is 0 Å². The number of hydrogen-bond acceptors (Lipinski definition) is 2. The number of nitrogens with two attached hydrogens (primary N) is 1. The maximum atomic E-state index is 5.98. The van der Waals surface area contributed by atoms with Gasteiger partial charge in [0.25, 0.3) is 0 Å². The molecule has 1 fully saturated rings. The SMILES string of the molecule is Cc1nn(C2CCCC2)c(N)c1C. The lowest BCUT2D eigenvalue weighted by molar-refractivity contribution is 0.471. The Bertz CT molecular complexity index is 308. The molecule has 0 atom stereocenters. The quantitative estimate of drug-likeness (QED) is 0.718. The molecule has 0 aromatic carbocycles. The first-order valence-electron chi connectivity index (χ1n) is 5.01. The fraction of sp³-hybridized carbons (Fsp3) is 0.700. The van der Waals surface area contributed by atoms with Gasteiger partial charge in [0, 0.05) is 5.56 Å². The molecule has 0 radical (unpaired) electrons. The predicted molar refractivity (Wildman–Crippen MR) is 53.6 cm³/mol. The average Bonchev–Trinajstić information content (AvgIpc) is 2.70. The molecule has 13 heavy (non-hydrogen) atoms. The molecule has 0 spiro atoms. The summed E-state index contributed by atoms with van der Waals surface area (Å²) in [4.78, 5) is 0. The van der Waals surface area contributed by atoms with Crippen molar-refractivity contribution in [2.45, 2.75) is 45.6 Å². The van der Waals surface area contributed by atoms with E-state index in [1.165, 1.54) is 25.7 Å². The third-order valence-electron chi connectivity index (χ3n) is 3.10. The molecule has 1 aromatic rings. The van der Waals surface area contributed by atoms with Crippen LogP contribution in [-0.2, 0) is 0 Å². The van der Waals surface area contributed by atoms with Crippen molar-refractivity contribution in [3.05, 3.63) is 11.3 Å². The van der Waals surface area contributed by atoms with E-state index in [2.05, 4.69) is 5.10 Å². The highest BCUT2D eigenvalue weighted by molar-refractivity contribution is 5.42. The van der Waals surface area contributed by atoms with Gasteiger partial charge in [0.2, 0.25) is 0 Å². The maximum Gasteiger partial charge on any atom is 0.125 e. The average molecular weight is 179 g/mol. The summed E-state index contributed by atoms with van der Waals surface area (Å²) in [7, 11) is 0. The second kappa shape index (κ2) is 3.05. The number of aryl methyl sites for hydroxylation is 1. The fourth-order valence-corrected chi connectivity index (χ4v) is 2.07. The van der Waals surface area contributed by atoms with E-state index in [1.807, 2.05) is 18.5 Å². The Balaban J connectivity index is 2.34. The minimum absolute atomic E-state index is 0.562. The van der Waals surface area contributed by atoms with Gasteiger partial charge >= 0.3 is 0 Å². The Hall–Kier alpha value is -0.990. The second-order valence-electron chi connectivity index (χ2n) is 3.98. The number of nitrogens with zero attached hydrogens (tertiary/aromatic N) is 2. The van der Waals surface area contributed by atoms with E-state index in [9.17, 15) is 0 Å². The molecule has 0 aliphatic heterocycles. The third kappa shape index (κ3) is 1.32. The molecule has 2 N–H and O–H groups in total. The summed E-state index contributed by atoms with van der Waals surface area (Å²) in [5.74, 6) is 0.865. The molecule has 1 aliphatic rings. The Kier molecular flexibility index (Phi) is 2.02. The van der Waals surface area contributed by atoms with Crippen LogP contribution in [0.1, 0.15) is 43.0 Å². The van der Waals surface area contributed by atoms with Crippen molar-refractivity contribution in [1.82, 2.24) is 9.78 Å². The summed E-state index contributed by atoms with van der Waals surface area (Å²) in [5.41, 5.74) is 8.20. The molecule has 0 bridgehead atoms. The van der Waals surface area contributed by atoms with Gasteiger partial charge in [-0.05, 0) is 26.7 Å². The zero-order valence-corrected chi connectivity index (χ0v) is 8.38. The van der Waals surface area contributed by atoms with Crippen molar-refractivity contribution in [2.75, 3.05) is 5.73 Å². The monoisotopic (exact) mass is 179 g/mol. The van der Waals surface area contributed by atoms with Gasteiger partial charge < -0.3 is 5.73 Å². The molecule has 1 aromatic heterocycles. The lowest BCUT2D eigenvalue weighted by Crippen LogP contribution is -2.10. The summed E-state index contributed by atoms with van der Waals surface area (Å²) in [6, 6.07) is 0.562. The predicted octanol–water partition coefficient (Wildman–Crippen LogP) is 2.20. The van der Waals surface area contributed by atoms with Crippen LogP contribution >= 0.6 is 0 Å². The Labute approximate surface area is 78.9 Å². The van der Waals surface area contributed by atoms with Crippen LogP contribution in [0.15, 0.2) is 0 Å². The van der Waals surface area contributed by atoms with Crippen LogP contribution in [0.2, 0.25) is 0 Å². The first kappa shape index (κ1) is 8.60. The maximum absolute atomic E-state index is 5.98. The number of hydrogen-bond donors (Lipinski definition) is 1. The van der Waals surface area contributed by atoms with Gasteiger partial charge in [0.05, 0.1) is 11.7 Å². The number of nitrogen functional groups attached to an aromatic ring is 1. The highest BCUT2D eigenvalue weighted by Crippen LogP contribution is 2.32. The topological polar surface area (TPSA) is 43.8 Å². The summed E-state index contributed by atoms with van der Waals surface area (Å²) >= 11 is 0. The van der Waals surface area contributed by atoms with E-state index < -0.39 is 0 Å². The smallest absolute Gasteiger partial charge is 0.125 e. The van der Waals surface area contributed by atoms with Gasteiger partial charge in [-0.15, -0.1) is 0 Å². The Morgan fingerprint density at radius 2 is 1.92 bits per heavy atom. The van der Waals surface area contributed by atoms with E-state index in [0.717, 1.165) is 17.1 Å². The van der Waals surface area contributed by atoms with E-state index >= 15 is 0 Å². The zero-order chi connectivity index (χ0) is 9.42. The molecular weight excluding hydrogens is 162 g/mol. The summed E-state index contributed by atoms with van der Waals surface area (Å²) < 4.78 is 2.03. The van der Waals surface area contributed by atoms with E-state index in [0.29, 0.717) is 6.04 Å². The molecular formula is C10H17N3. The molecule has 1 heterocycles. The molecule has 3 heteroatoms. The van der Waals surface area contributed by atoms with Crippen LogP contribution in [0, 0.1) is 13.8 Å². The van der Waals surface area contributed by atoms with Gasteiger partial charge in [0.15, 0.2) is 0 Å². The number of aromatic nitrogens is 2. The van der Waals surface area contributed by atoms with Crippen molar-refractivity contribution < 1.29 is 0 Å². The van der Waals surface area contributed by atoms with Crippen LogP contribution in [-0.4, -0.2) is 9.78 Å². The Morgan fingerprint density at radius 1 is 1.31 bits per heavy atom. The van der Waals surface area contributed by atoms with Gasteiger partial charge in [-0.3, -0.25) is 0 Å². The second-order valence-corrected chi connectivity index (χ2v) is 3.98. The third-order valence-corrected chi connectivity index (χ3v) is 3.10. The van der Waals surface area contributed by atoms with E-state index in [4.69, 9.17) is 5.73 Å². The summed E-state index contributed by atoms with van der Waals surface area (Å²) in [6.07, 6.45) is 5.12. The fourth-order valence-electron chi connectivity index (χ4n) is 2.07. The highest BCUT2D eigenvalue weighted by Gasteiger charge is 2.20. The molecule has 0 unspecified atom stereocenters. The lowest BCUT2D eigenvalue weighted by atomic mass is 10.2. The van der Waals surface area contributed by atoms with Crippen LogP contribution in [0.5, 0.6) is 0 Å². The molecule has 0 amide bonds. The van der Waals surface area contributed by atoms with E-state index in [-0.39, 0.29) is 0 Å². The van der Waals surface area contributed by atoms with Crippen LogP contribution in [0.4, 0.5) is 5.82 Å². The largest absolute Gasteiger partial charge is 0.384 e. The van der Waals surface area contributed by atoms with E-state index in [1.54, 1.807) is 0 Å². The minimum atomic E-state index is 0.562. The molecule has 72 valence electrons. The lowest BCUT2D eigenvalue weighted by Gasteiger charge is -2.11. The zero-order valence-electron chi connectivity index (χ0n) is 8.38. The summed E-state index contributed by atoms with van der Waals surface area (Å²) in [6.45, 7) is 4.07. The molecule has 2 rings (SSSR count). The van der Waals surface area contributed by atoms with Crippen LogP contribution < -0.4 is 5.73 Å². The molecule has 3 nitrogen and oxygen atoms in total. The van der Waals surface area contributed by atoms with Crippen molar-refractivity contribution in [3.8, 4) is 0 Å². The Morgan fingerprint density at radius 3 is 2.38 bits per heavy atom. The first-order chi connectivity index (χ1) is 6.20. The normalized spacial score (nSPS) is 18.3. The van der Waals surface area contributed by atoms with Gasteiger partial charge in [-0.2, -0.15) is 5.10 Å². The number of rotatable bonds is 1. The molecule has 0 saturated heterocycles. The van der Waals surface area contributed by atoms with Crippen LogP contribution in [0.3, 0.4) is 0 Å². The standard InChI is InChI=1S/C10H17N3/c1-7-8(2)12-13(10(7)11)9-5-3-4-6-9/h9H,3-6,11H2,1-2H3. The van der Waals surface area contributed by atoms with Gasteiger partial charge in [0.1, 0.15) is 5.82 Å². The van der Waals surface area contributed by atoms with Crippen molar-refractivity contribution in [3.63, 3.8) is 0 Å². The minimum Gasteiger partial charge on any atom is -0.384 e. The van der Waals surface area contributed by atoms with Crippen LogP contribution in [0.25, 0.3) is 0 Å². The summed E-state index contributed by atoms with van der Waals surface area (Å²) in [5, 5.41) is 4.48. The molecule has 1 saturated carbocycles. The number of anilines is 1. The highest BCUT2D eigenvalue weighted by atomic mass is 15.3. The van der Waals surface area contributed by atoms with Gasteiger partial charge in [-0.1, -0.05) is 12.8 Å².